The van der Waals surface area contributed by atoms with Crippen LogP contribution in [0.15, 0.2) is 6.33 Å². The lowest BCUT2D eigenvalue weighted by molar-refractivity contribution is 0.965. The van der Waals surface area contributed by atoms with E-state index < -0.39 is 0 Å². The van der Waals surface area contributed by atoms with Gasteiger partial charge in [0.25, 0.3) is 0 Å². The van der Waals surface area contributed by atoms with Crippen molar-refractivity contribution in [3.63, 3.8) is 0 Å². The normalized spacial score (nSPS) is 10.4. The van der Waals surface area contributed by atoms with Crippen molar-refractivity contribution in [3.05, 3.63) is 12.2 Å². The first-order chi connectivity index (χ1) is 6.81. The van der Waals surface area contributed by atoms with Crippen LogP contribution in [0.1, 0.15) is 12.7 Å². The third-order valence-electron chi connectivity index (χ3n) is 1.71. The molecule has 0 atom stereocenters. The van der Waals surface area contributed by atoms with Gasteiger partial charge in [0, 0.05) is 6.54 Å². The topological polar surface area (TPSA) is 76.5 Å². The number of aryl methyl sites for hydroxylation is 1. The van der Waals surface area contributed by atoms with Crippen molar-refractivity contribution < 1.29 is 0 Å². The summed E-state index contributed by atoms with van der Waals surface area (Å²) >= 11 is 0. The molecule has 0 fully saturated rings. The molecule has 72 valence electrons. The second-order valence-electron chi connectivity index (χ2n) is 2.78. The summed E-state index contributed by atoms with van der Waals surface area (Å²) in [6.45, 7) is 4.60. The summed E-state index contributed by atoms with van der Waals surface area (Å²) in [5, 5.41) is 10.7. The fraction of sp³-hybridized carbons (Fsp3) is 0.375. The number of nitrogens with zero attached hydrogens (tertiary/aromatic N) is 5. The molecule has 1 N–H and O–H groups in total. The standard InChI is InChI=1S/C8H10N6/c1-3-9-7-6-8(13-5(2)12-7)14-11-4-10-6/h4H,3H2,1-2H3,(H,9,12,13,14). The molecule has 0 saturated carbocycles. The Labute approximate surface area is 80.8 Å². The second kappa shape index (κ2) is 3.49. The minimum absolute atomic E-state index is 0.524. The van der Waals surface area contributed by atoms with Gasteiger partial charge in [0.1, 0.15) is 12.2 Å². The van der Waals surface area contributed by atoms with Crippen LogP contribution in [-0.2, 0) is 0 Å². The minimum Gasteiger partial charge on any atom is -0.368 e. The Kier molecular flexibility index (Phi) is 2.18. The van der Waals surface area contributed by atoms with Crippen molar-refractivity contribution in [2.75, 3.05) is 11.9 Å². The third-order valence-corrected chi connectivity index (χ3v) is 1.71. The fourth-order valence-corrected chi connectivity index (χ4v) is 1.20. The molecule has 0 aliphatic rings. The van der Waals surface area contributed by atoms with Gasteiger partial charge in [0.15, 0.2) is 11.3 Å². The van der Waals surface area contributed by atoms with Gasteiger partial charge in [-0.3, -0.25) is 0 Å². The van der Waals surface area contributed by atoms with E-state index >= 15 is 0 Å². The number of fused-ring (bicyclic) bond motifs is 1. The van der Waals surface area contributed by atoms with Crippen LogP contribution < -0.4 is 5.32 Å². The van der Waals surface area contributed by atoms with Crippen LogP contribution in [0.2, 0.25) is 0 Å². The molecule has 0 spiro atoms. The smallest absolute Gasteiger partial charge is 0.206 e. The van der Waals surface area contributed by atoms with Gasteiger partial charge >= 0.3 is 0 Å². The highest BCUT2D eigenvalue weighted by Gasteiger charge is 2.06. The lowest BCUT2D eigenvalue weighted by Gasteiger charge is -2.04. The van der Waals surface area contributed by atoms with E-state index in [4.69, 9.17) is 0 Å². The molecule has 14 heavy (non-hydrogen) atoms. The molecule has 6 heteroatoms. The summed E-state index contributed by atoms with van der Waals surface area (Å²) in [5.74, 6) is 1.38. The van der Waals surface area contributed by atoms with E-state index in [0.29, 0.717) is 22.8 Å². The lowest BCUT2D eigenvalue weighted by Crippen LogP contribution is -2.05. The van der Waals surface area contributed by atoms with Crippen LogP contribution in [-0.4, -0.2) is 31.7 Å². The summed E-state index contributed by atoms with van der Waals surface area (Å²) in [6, 6.07) is 0. The number of aromatic nitrogens is 5. The van der Waals surface area contributed by atoms with Gasteiger partial charge < -0.3 is 5.32 Å². The van der Waals surface area contributed by atoms with Gasteiger partial charge in [-0.1, -0.05) is 0 Å². The largest absolute Gasteiger partial charge is 0.368 e. The zero-order valence-corrected chi connectivity index (χ0v) is 8.02. The molecule has 0 amide bonds. The summed E-state index contributed by atoms with van der Waals surface area (Å²) in [4.78, 5) is 12.4. The Bertz CT molecular complexity index is 455. The zero-order valence-electron chi connectivity index (χ0n) is 8.02. The Morgan fingerprint density at radius 1 is 1.36 bits per heavy atom. The first-order valence-corrected chi connectivity index (χ1v) is 4.37. The number of anilines is 1. The Morgan fingerprint density at radius 3 is 3.00 bits per heavy atom. The van der Waals surface area contributed by atoms with Crippen LogP contribution in [0.25, 0.3) is 11.2 Å². The van der Waals surface area contributed by atoms with Crippen LogP contribution in [0.4, 0.5) is 5.82 Å². The van der Waals surface area contributed by atoms with Gasteiger partial charge in [-0.25, -0.2) is 15.0 Å². The monoisotopic (exact) mass is 190 g/mol. The third kappa shape index (κ3) is 1.46. The average molecular weight is 190 g/mol. The summed E-state index contributed by atoms with van der Waals surface area (Å²) in [6.07, 6.45) is 1.39. The van der Waals surface area contributed by atoms with Gasteiger partial charge in [-0.05, 0) is 13.8 Å². The Balaban J connectivity index is 2.67. The Hall–Kier alpha value is -1.85. The maximum atomic E-state index is 4.24. The second-order valence-corrected chi connectivity index (χ2v) is 2.78. The maximum absolute atomic E-state index is 4.24. The van der Waals surface area contributed by atoms with Crippen molar-refractivity contribution in [1.82, 2.24) is 25.1 Å². The number of nitrogens with one attached hydrogen (secondary N) is 1. The number of hydrogen-bond acceptors (Lipinski definition) is 6. The lowest BCUT2D eigenvalue weighted by atomic mass is 10.4. The molecule has 0 radical (unpaired) electrons. The molecule has 2 heterocycles. The van der Waals surface area contributed by atoms with E-state index in [1.807, 2.05) is 13.8 Å². The van der Waals surface area contributed by atoms with Gasteiger partial charge in [0.05, 0.1) is 0 Å². The van der Waals surface area contributed by atoms with E-state index in [-0.39, 0.29) is 0 Å². The van der Waals surface area contributed by atoms with Gasteiger partial charge in [0.2, 0.25) is 5.65 Å². The summed E-state index contributed by atoms with van der Waals surface area (Å²) in [5.41, 5.74) is 1.18. The molecule has 0 aliphatic carbocycles. The molecular weight excluding hydrogens is 180 g/mol. The molecule has 0 aromatic carbocycles. The average Bonchev–Trinajstić information content (AvgIpc) is 2.18. The highest BCUT2D eigenvalue weighted by atomic mass is 15.2. The van der Waals surface area contributed by atoms with Crippen molar-refractivity contribution in [3.8, 4) is 0 Å². The fourth-order valence-electron chi connectivity index (χ4n) is 1.20. The van der Waals surface area contributed by atoms with E-state index in [0.717, 1.165) is 6.54 Å². The molecular formula is C8H10N6. The molecule has 6 nitrogen and oxygen atoms in total. The minimum atomic E-state index is 0.524. The number of hydrogen-bond donors (Lipinski definition) is 1. The highest BCUT2D eigenvalue weighted by Crippen LogP contribution is 2.14. The molecule has 0 unspecified atom stereocenters. The summed E-state index contributed by atoms with van der Waals surface area (Å²) < 4.78 is 0. The number of rotatable bonds is 2. The van der Waals surface area contributed by atoms with E-state index in [1.165, 1.54) is 6.33 Å². The molecule has 0 saturated heterocycles. The zero-order chi connectivity index (χ0) is 9.97. The first kappa shape index (κ1) is 8.74. The first-order valence-electron chi connectivity index (χ1n) is 4.37. The van der Waals surface area contributed by atoms with Crippen LogP contribution in [0, 0.1) is 6.92 Å². The van der Waals surface area contributed by atoms with Crippen LogP contribution in [0.3, 0.4) is 0 Å². The Morgan fingerprint density at radius 2 is 2.21 bits per heavy atom. The maximum Gasteiger partial charge on any atom is 0.206 e. The van der Waals surface area contributed by atoms with Crippen molar-refractivity contribution >= 4 is 17.0 Å². The predicted octanol–water partition coefficient (Wildman–Crippen LogP) is 0.555. The van der Waals surface area contributed by atoms with Crippen LogP contribution >= 0.6 is 0 Å². The predicted molar refractivity (Wildman–Crippen MR) is 51.8 cm³/mol. The highest BCUT2D eigenvalue weighted by molar-refractivity contribution is 5.81. The van der Waals surface area contributed by atoms with E-state index in [2.05, 4.69) is 30.5 Å². The molecule has 2 rings (SSSR count). The van der Waals surface area contributed by atoms with Crippen LogP contribution in [0.5, 0.6) is 0 Å². The van der Waals surface area contributed by atoms with Crippen molar-refractivity contribution in [2.24, 2.45) is 0 Å². The van der Waals surface area contributed by atoms with Gasteiger partial charge in [-0.15, -0.1) is 10.2 Å². The van der Waals surface area contributed by atoms with Crippen molar-refractivity contribution in [2.45, 2.75) is 13.8 Å². The molecule has 0 aliphatic heterocycles. The van der Waals surface area contributed by atoms with E-state index in [1.54, 1.807) is 0 Å². The van der Waals surface area contributed by atoms with Gasteiger partial charge in [-0.2, -0.15) is 0 Å². The van der Waals surface area contributed by atoms with Crippen molar-refractivity contribution in [1.29, 1.82) is 0 Å². The summed E-state index contributed by atoms with van der Waals surface area (Å²) in [7, 11) is 0. The molecule has 2 aromatic heterocycles. The van der Waals surface area contributed by atoms with E-state index in [9.17, 15) is 0 Å². The SMILES string of the molecule is CCNc1nc(C)nc2nncnc12. The molecule has 2 aromatic rings. The quantitative estimate of drug-likeness (QED) is 0.745. The molecule has 0 bridgehead atoms.